The van der Waals surface area contributed by atoms with E-state index in [2.05, 4.69) is 42.6 Å². The van der Waals surface area contributed by atoms with Crippen molar-refractivity contribution >= 4 is 29.4 Å². The molecule has 2 amide bonds. The monoisotopic (exact) mass is 668 g/mol. The molecule has 1 aliphatic heterocycles. The van der Waals surface area contributed by atoms with Gasteiger partial charge in [0, 0.05) is 48.0 Å². The molecule has 3 aliphatic carbocycles. The van der Waals surface area contributed by atoms with Gasteiger partial charge in [-0.3, -0.25) is 14.4 Å². The van der Waals surface area contributed by atoms with Crippen LogP contribution in [0.4, 0.5) is 0 Å². The number of aryl methyl sites for hydroxylation is 2. The third kappa shape index (κ3) is 7.83. The number of hydrogen-bond acceptors (Lipinski definition) is 5. The fourth-order valence-electron chi connectivity index (χ4n) is 8.95. The van der Waals surface area contributed by atoms with Crippen molar-refractivity contribution in [1.29, 1.82) is 0 Å². The van der Waals surface area contributed by atoms with Crippen LogP contribution in [0.5, 0.6) is 0 Å². The molecule has 7 heteroatoms. The third-order valence-electron chi connectivity index (χ3n) is 11.8. The van der Waals surface area contributed by atoms with Gasteiger partial charge in [0.2, 0.25) is 0 Å². The van der Waals surface area contributed by atoms with Crippen LogP contribution in [0.3, 0.4) is 0 Å². The molecule has 2 aromatic rings. The molecule has 2 bridgehead atoms. The minimum atomic E-state index is -0.219. The first-order chi connectivity index (χ1) is 23.1. The lowest BCUT2D eigenvalue weighted by atomic mass is 9.74. The summed E-state index contributed by atoms with van der Waals surface area (Å²) in [6.07, 6.45) is 13.0. The molecular formula is C41H52N2O4S. The molecule has 0 aromatic heterocycles. The molecule has 3 fully saturated rings. The summed E-state index contributed by atoms with van der Waals surface area (Å²) >= 11 is 1.77. The molecule has 2 aromatic carbocycles. The number of nitrogens with one attached hydrogen (secondary N) is 1. The molecule has 6 rings (SSSR count). The second kappa shape index (κ2) is 15.2. The van der Waals surface area contributed by atoms with Crippen molar-refractivity contribution in [3.63, 3.8) is 0 Å². The summed E-state index contributed by atoms with van der Waals surface area (Å²) in [6.45, 7) is 8.97. The third-order valence-corrected chi connectivity index (χ3v) is 12.9. The Morgan fingerprint density at radius 1 is 0.979 bits per heavy atom. The zero-order valence-corrected chi connectivity index (χ0v) is 29.9. The first-order valence-electron chi connectivity index (χ1n) is 18.1. The Morgan fingerprint density at radius 2 is 1.71 bits per heavy atom. The van der Waals surface area contributed by atoms with Crippen molar-refractivity contribution in [3.8, 4) is 0 Å². The predicted molar refractivity (Wildman–Crippen MR) is 194 cm³/mol. The minimum Gasteiger partial charge on any atom is -0.393 e. The van der Waals surface area contributed by atoms with Crippen molar-refractivity contribution in [2.45, 2.75) is 97.3 Å². The maximum absolute atomic E-state index is 13.5. The molecule has 5 atom stereocenters. The Bertz CT molecular complexity index is 1580. The number of nitrogens with zero attached hydrogens (tertiary/aromatic N) is 1. The van der Waals surface area contributed by atoms with Gasteiger partial charge in [-0.15, -0.1) is 11.8 Å². The first-order valence-corrected chi connectivity index (χ1v) is 19.0. The number of allylic oxidation sites excluding steroid dienone is 3. The van der Waals surface area contributed by atoms with E-state index in [0.29, 0.717) is 42.8 Å². The molecule has 1 heterocycles. The molecule has 256 valence electrons. The van der Waals surface area contributed by atoms with Gasteiger partial charge in [-0.1, -0.05) is 30.4 Å². The van der Waals surface area contributed by atoms with Crippen molar-refractivity contribution in [3.05, 3.63) is 92.5 Å². The quantitative estimate of drug-likeness (QED) is 0.254. The first kappa shape index (κ1) is 34.7. The second-order valence-corrected chi connectivity index (χ2v) is 16.0. The number of amides is 2. The summed E-state index contributed by atoms with van der Waals surface area (Å²) in [5.74, 6) is 3.58. The number of rotatable bonds is 11. The summed E-state index contributed by atoms with van der Waals surface area (Å²) in [6, 6.07) is 12.3. The number of benzene rings is 2. The smallest absolute Gasteiger partial charge is 0.255 e. The number of carbonyl (C=O) groups excluding carboxylic acids is 3. The van der Waals surface area contributed by atoms with Crippen LogP contribution in [-0.2, 0) is 17.0 Å². The molecule has 4 aliphatic rings. The van der Waals surface area contributed by atoms with E-state index in [0.717, 1.165) is 71.7 Å². The zero-order valence-electron chi connectivity index (χ0n) is 29.1. The molecule has 48 heavy (non-hydrogen) atoms. The highest BCUT2D eigenvalue weighted by Gasteiger charge is 2.48. The van der Waals surface area contributed by atoms with Gasteiger partial charge < -0.3 is 15.3 Å². The summed E-state index contributed by atoms with van der Waals surface area (Å²) in [7, 11) is 0. The molecule has 6 nitrogen and oxygen atoms in total. The second-order valence-electron chi connectivity index (χ2n) is 14.9. The van der Waals surface area contributed by atoms with E-state index < -0.39 is 0 Å². The number of Topliss-reactive ketones (excluding diaryl/α,β-unsaturated/α-hetero) is 1. The molecule has 2 N–H and O–H groups in total. The van der Waals surface area contributed by atoms with Crippen LogP contribution in [0.2, 0.25) is 0 Å². The predicted octanol–water partition coefficient (Wildman–Crippen LogP) is 7.95. The van der Waals surface area contributed by atoms with Crippen LogP contribution in [0.15, 0.2) is 59.2 Å². The largest absolute Gasteiger partial charge is 0.393 e. The number of likely N-dealkylation sites (tertiary alicyclic amines) is 1. The van der Waals surface area contributed by atoms with Crippen LogP contribution in [0.25, 0.3) is 0 Å². The van der Waals surface area contributed by atoms with Gasteiger partial charge >= 0.3 is 0 Å². The normalized spacial score (nSPS) is 24.6. The molecular weight excluding hydrogens is 617 g/mol. The maximum Gasteiger partial charge on any atom is 0.255 e. The van der Waals surface area contributed by atoms with Crippen LogP contribution in [0.1, 0.15) is 108 Å². The average Bonchev–Trinajstić information content (AvgIpc) is 3.70. The highest BCUT2D eigenvalue weighted by molar-refractivity contribution is 8.02. The molecule has 0 spiro atoms. The number of hydrogen-bond donors (Lipinski definition) is 2. The van der Waals surface area contributed by atoms with Gasteiger partial charge in [0.15, 0.2) is 0 Å². The van der Waals surface area contributed by atoms with Gasteiger partial charge in [-0.05, 0) is 148 Å². The van der Waals surface area contributed by atoms with E-state index in [1.54, 1.807) is 18.7 Å². The minimum absolute atomic E-state index is 0.0629. The van der Waals surface area contributed by atoms with Crippen molar-refractivity contribution in [2.24, 2.45) is 29.6 Å². The average molecular weight is 669 g/mol. The SMILES string of the molecule is CC(=O)C1CCN(C(=O)c2cc(CSC3=CCC=C(NC(=O)c4ccc(CC[C@H]5C6CCC(C6)[C@H]5[C@H](C)O)cc4)C3)cc(C)c2C)CC1. The standard InChI is InChI=1S/C41H52N2O4S/c1-25-20-30(21-38(26(25)2)41(47)43-18-16-31(17-19-43)27(3)44)24-48-36-7-5-6-35(23-36)42-40(46)32-11-8-29(9-12-32)10-15-37-33-13-14-34(22-33)39(37)28(4)45/h6-9,11-12,20-21,28,31,33-34,37,39,45H,5,10,13-19,22-24H2,1-4H3,(H,42,46)/t28-,33?,34?,37-,39+/m0/s1. The van der Waals surface area contributed by atoms with Crippen LogP contribution in [0, 0.1) is 43.4 Å². The lowest BCUT2D eigenvalue weighted by molar-refractivity contribution is -0.121. The van der Waals surface area contributed by atoms with Crippen molar-refractivity contribution in [2.75, 3.05) is 13.1 Å². The van der Waals surface area contributed by atoms with E-state index in [-0.39, 0.29) is 29.6 Å². The van der Waals surface area contributed by atoms with E-state index in [4.69, 9.17) is 0 Å². The van der Waals surface area contributed by atoms with Crippen LogP contribution in [-0.4, -0.2) is 46.8 Å². The fourth-order valence-corrected chi connectivity index (χ4v) is 9.94. The molecule has 0 radical (unpaired) electrons. The Morgan fingerprint density at radius 3 is 2.42 bits per heavy atom. The van der Waals surface area contributed by atoms with Crippen LogP contribution < -0.4 is 5.32 Å². The summed E-state index contributed by atoms with van der Waals surface area (Å²) in [5.41, 5.74) is 6.87. The topological polar surface area (TPSA) is 86.7 Å². The van der Waals surface area contributed by atoms with E-state index in [1.165, 1.54) is 29.7 Å². The van der Waals surface area contributed by atoms with E-state index >= 15 is 0 Å². The van der Waals surface area contributed by atoms with Crippen molar-refractivity contribution < 1.29 is 19.5 Å². The lowest BCUT2D eigenvalue weighted by Gasteiger charge is -2.33. The van der Waals surface area contributed by atoms with E-state index in [9.17, 15) is 19.5 Å². The van der Waals surface area contributed by atoms with Gasteiger partial charge in [-0.2, -0.15) is 0 Å². The number of ketones is 1. The Kier molecular flexibility index (Phi) is 11.0. The fraction of sp³-hybridized carbons (Fsp3) is 0.537. The number of piperidine rings is 1. The molecule has 2 unspecified atom stereocenters. The number of fused-ring (bicyclic) bond motifs is 2. The van der Waals surface area contributed by atoms with Gasteiger partial charge in [-0.25, -0.2) is 0 Å². The highest BCUT2D eigenvalue weighted by atomic mass is 32.2. The maximum atomic E-state index is 13.5. The summed E-state index contributed by atoms with van der Waals surface area (Å²) in [5, 5.41) is 13.6. The Labute approximate surface area is 290 Å². The Balaban J connectivity index is 0.988. The van der Waals surface area contributed by atoms with Gasteiger partial charge in [0.1, 0.15) is 5.78 Å². The molecule has 2 saturated carbocycles. The molecule has 1 saturated heterocycles. The van der Waals surface area contributed by atoms with Crippen molar-refractivity contribution in [1.82, 2.24) is 10.2 Å². The van der Waals surface area contributed by atoms with Gasteiger partial charge in [0.05, 0.1) is 6.10 Å². The van der Waals surface area contributed by atoms with E-state index in [1.807, 2.05) is 36.9 Å². The zero-order chi connectivity index (χ0) is 33.9. The number of aliphatic hydroxyl groups is 1. The number of carbonyl (C=O) groups is 3. The number of thioether (sulfide) groups is 1. The summed E-state index contributed by atoms with van der Waals surface area (Å²) < 4.78 is 0. The summed E-state index contributed by atoms with van der Waals surface area (Å²) in [4.78, 5) is 41.6. The Hall–Kier alpha value is -3.16. The van der Waals surface area contributed by atoms with Gasteiger partial charge in [0.25, 0.3) is 11.8 Å². The van der Waals surface area contributed by atoms with Crippen LogP contribution >= 0.6 is 11.8 Å². The lowest BCUT2D eigenvalue weighted by Crippen LogP contribution is -2.40. The number of aliphatic hydroxyl groups excluding tert-OH is 1. The highest BCUT2D eigenvalue weighted by Crippen LogP contribution is 2.54.